The van der Waals surface area contributed by atoms with Crippen LogP contribution in [0.5, 0.6) is 0 Å². The number of benzene rings is 1. The van der Waals surface area contributed by atoms with Gasteiger partial charge in [-0.05, 0) is 35.7 Å². The summed E-state index contributed by atoms with van der Waals surface area (Å²) in [5.74, 6) is 0. The molecule has 0 aliphatic rings. The van der Waals surface area contributed by atoms with Crippen molar-refractivity contribution in [3.05, 3.63) is 42.2 Å². The third kappa shape index (κ3) is 2.99. The first kappa shape index (κ1) is 13.7. The Morgan fingerprint density at radius 3 is 2.47 bits per heavy atom. The van der Waals surface area contributed by atoms with E-state index in [0.29, 0.717) is 21.7 Å². The first-order valence-corrected chi connectivity index (χ1v) is 6.08. The van der Waals surface area contributed by atoms with Crippen LogP contribution in [0, 0.1) is 0 Å². The highest BCUT2D eigenvalue weighted by molar-refractivity contribution is 7.97. The van der Waals surface area contributed by atoms with Crippen molar-refractivity contribution in [1.82, 2.24) is 4.98 Å². The Hall–Kier alpha value is -1.73. The third-order valence-corrected chi connectivity index (χ3v) is 3.10. The van der Waals surface area contributed by atoms with Crippen LogP contribution in [0.2, 0.25) is 0 Å². The molecular formula is C12H10F3N3S. The van der Waals surface area contributed by atoms with E-state index >= 15 is 0 Å². The molecule has 0 spiro atoms. The molecule has 0 aliphatic heterocycles. The topological polar surface area (TPSA) is 64.9 Å². The van der Waals surface area contributed by atoms with Crippen molar-refractivity contribution in [2.45, 2.75) is 11.1 Å². The molecule has 100 valence electrons. The summed E-state index contributed by atoms with van der Waals surface area (Å²) in [6.45, 7) is 0. The van der Waals surface area contributed by atoms with Crippen LogP contribution in [-0.4, -0.2) is 4.98 Å². The van der Waals surface area contributed by atoms with Gasteiger partial charge in [-0.25, -0.2) is 0 Å². The second-order valence-electron chi connectivity index (χ2n) is 3.83. The van der Waals surface area contributed by atoms with Crippen molar-refractivity contribution in [2.75, 3.05) is 5.73 Å². The van der Waals surface area contributed by atoms with Crippen molar-refractivity contribution in [3.63, 3.8) is 0 Å². The molecule has 0 fully saturated rings. The smallest absolute Gasteiger partial charge is 0.399 e. The van der Waals surface area contributed by atoms with Crippen LogP contribution in [0.15, 0.2) is 41.6 Å². The van der Waals surface area contributed by atoms with Gasteiger partial charge in [-0.2, -0.15) is 13.2 Å². The maximum absolute atomic E-state index is 12.6. The van der Waals surface area contributed by atoms with E-state index in [-0.39, 0.29) is 0 Å². The summed E-state index contributed by atoms with van der Waals surface area (Å²) in [4.78, 5) is 4.22. The van der Waals surface area contributed by atoms with Crippen LogP contribution >= 0.6 is 11.9 Å². The maximum Gasteiger partial charge on any atom is 0.417 e. The summed E-state index contributed by atoms with van der Waals surface area (Å²) >= 11 is 0.929. The minimum absolute atomic E-state index is 0.350. The summed E-state index contributed by atoms with van der Waals surface area (Å²) in [7, 11) is 0. The highest BCUT2D eigenvalue weighted by Crippen LogP contribution is 2.34. The van der Waals surface area contributed by atoms with Crippen LogP contribution in [-0.2, 0) is 6.18 Å². The molecule has 3 nitrogen and oxygen atoms in total. The number of anilines is 1. The lowest BCUT2D eigenvalue weighted by molar-refractivity contribution is -0.137. The van der Waals surface area contributed by atoms with Crippen molar-refractivity contribution in [1.29, 1.82) is 0 Å². The molecule has 0 saturated carbocycles. The Labute approximate surface area is 112 Å². The zero-order valence-corrected chi connectivity index (χ0v) is 10.4. The van der Waals surface area contributed by atoms with Crippen LogP contribution in [0.25, 0.3) is 11.1 Å². The van der Waals surface area contributed by atoms with Gasteiger partial charge in [0.25, 0.3) is 0 Å². The minimum Gasteiger partial charge on any atom is -0.399 e. The molecule has 0 bridgehead atoms. The molecule has 2 aromatic rings. The van der Waals surface area contributed by atoms with Gasteiger partial charge in [0.2, 0.25) is 0 Å². The molecular weight excluding hydrogens is 275 g/mol. The molecule has 0 atom stereocenters. The van der Waals surface area contributed by atoms with Gasteiger partial charge in [-0.1, -0.05) is 6.07 Å². The van der Waals surface area contributed by atoms with Crippen molar-refractivity contribution in [2.24, 2.45) is 5.14 Å². The molecule has 1 aromatic heterocycles. The summed E-state index contributed by atoms with van der Waals surface area (Å²) in [5, 5.41) is 5.50. The average Bonchev–Trinajstić information content (AvgIpc) is 2.37. The number of hydrogen-bond acceptors (Lipinski definition) is 4. The maximum atomic E-state index is 12.6. The lowest BCUT2D eigenvalue weighted by Gasteiger charge is -2.11. The predicted octanol–water partition coefficient (Wildman–Crippen LogP) is 3.32. The first-order chi connectivity index (χ1) is 8.91. The van der Waals surface area contributed by atoms with Gasteiger partial charge in [0.05, 0.1) is 5.56 Å². The van der Waals surface area contributed by atoms with Gasteiger partial charge in [0, 0.05) is 28.5 Å². The fourth-order valence-corrected chi connectivity index (χ4v) is 2.13. The number of rotatable bonds is 2. The highest BCUT2D eigenvalue weighted by Gasteiger charge is 2.31. The van der Waals surface area contributed by atoms with E-state index in [1.165, 1.54) is 6.20 Å². The Morgan fingerprint density at radius 2 is 1.84 bits per heavy atom. The van der Waals surface area contributed by atoms with Gasteiger partial charge in [-0.15, -0.1) is 0 Å². The van der Waals surface area contributed by atoms with E-state index in [9.17, 15) is 13.2 Å². The number of hydrogen-bond donors (Lipinski definition) is 2. The molecule has 0 radical (unpaired) electrons. The Kier molecular flexibility index (Phi) is 3.68. The van der Waals surface area contributed by atoms with E-state index in [0.717, 1.165) is 24.2 Å². The Balaban J connectivity index is 2.53. The summed E-state index contributed by atoms with van der Waals surface area (Å²) in [6, 6.07) is 5.88. The van der Waals surface area contributed by atoms with E-state index in [2.05, 4.69) is 4.98 Å². The normalized spacial score (nSPS) is 11.6. The zero-order chi connectivity index (χ0) is 14.0. The number of nitrogen functional groups attached to an aromatic ring is 1. The molecule has 19 heavy (non-hydrogen) atoms. The molecule has 1 heterocycles. The predicted molar refractivity (Wildman–Crippen MR) is 69.1 cm³/mol. The van der Waals surface area contributed by atoms with Crippen LogP contribution < -0.4 is 10.9 Å². The third-order valence-electron chi connectivity index (χ3n) is 2.51. The number of pyridine rings is 1. The lowest BCUT2D eigenvalue weighted by atomic mass is 10.1. The molecule has 0 saturated heterocycles. The molecule has 1 aromatic carbocycles. The summed E-state index contributed by atoms with van der Waals surface area (Å²) in [6.07, 6.45) is -2.27. The van der Waals surface area contributed by atoms with Crippen molar-refractivity contribution >= 4 is 17.6 Å². The number of nitrogens with two attached hydrogens (primary N) is 2. The van der Waals surface area contributed by atoms with E-state index in [1.807, 2.05) is 0 Å². The quantitative estimate of drug-likeness (QED) is 0.656. The lowest BCUT2D eigenvalue weighted by Crippen LogP contribution is -2.05. The second-order valence-corrected chi connectivity index (χ2v) is 4.51. The first-order valence-electron chi connectivity index (χ1n) is 5.20. The summed E-state index contributed by atoms with van der Waals surface area (Å²) in [5.41, 5.74) is 6.24. The summed E-state index contributed by atoms with van der Waals surface area (Å²) < 4.78 is 37.9. The van der Waals surface area contributed by atoms with Crippen LogP contribution in [0.1, 0.15) is 5.56 Å². The SMILES string of the molecule is NSc1cc(N)ccc1-c1cncc(C(F)(F)F)c1. The van der Waals surface area contributed by atoms with Gasteiger partial charge < -0.3 is 5.73 Å². The standard InChI is InChI=1S/C12H10F3N3S/c13-12(14,15)8-3-7(5-18-6-8)10-2-1-9(16)4-11(10)19-17/h1-6H,16-17H2. The van der Waals surface area contributed by atoms with Gasteiger partial charge in [0.15, 0.2) is 0 Å². The van der Waals surface area contributed by atoms with E-state index in [1.54, 1.807) is 18.2 Å². The molecule has 0 unspecified atom stereocenters. The molecule has 7 heteroatoms. The number of alkyl halides is 3. The largest absolute Gasteiger partial charge is 0.417 e. The van der Waals surface area contributed by atoms with Crippen molar-refractivity contribution in [3.8, 4) is 11.1 Å². The van der Waals surface area contributed by atoms with Crippen molar-refractivity contribution < 1.29 is 13.2 Å². The molecule has 0 aliphatic carbocycles. The monoisotopic (exact) mass is 285 g/mol. The molecule has 4 N–H and O–H groups in total. The zero-order valence-electron chi connectivity index (χ0n) is 9.61. The van der Waals surface area contributed by atoms with Crippen LogP contribution in [0.3, 0.4) is 0 Å². The minimum atomic E-state index is -4.42. The molecule has 2 rings (SSSR count). The Morgan fingerprint density at radius 1 is 1.11 bits per heavy atom. The number of halogens is 3. The number of nitrogens with zero attached hydrogens (tertiary/aromatic N) is 1. The van der Waals surface area contributed by atoms with E-state index < -0.39 is 11.7 Å². The van der Waals surface area contributed by atoms with E-state index in [4.69, 9.17) is 10.9 Å². The average molecular weight is 285 g/mol. The highest BCUT2D eigenvalue weighted by atomic mass is 32.2. The number of aromatic nitrogens is 1. The van der Waals surface area contributed by atoms with Crippen LogP contribution in [0.4, 0.5) is 18.9 Å². The fraction of sp³-hybridized carbons (Fsp3) is 0.0833. The van der Waals surface area contributed by atoms with Gasteiger partial charge in [0.1, 0.15) is 0 Å². The second kappa shape index (κ2) is 5.10. The Bertz CT molecular complexity index is 599. The molecule has 0 amide bonds. The fourth-order valence-electron chi connectivity index (χ4n) is 1.62. The van der Waals surface area contributed by atoms with Gasteiger partial charge >= 0.3 is 6.18 Å². The van der Waals surface area contributed by atoms with Gasteiger partial charge in [-0.3, -0.25) is 10.1 Å².